The van der Waals surface area contributed by atoms with Crippen LogP contribution in [-0.4, -0.2) is 6.54 Å². The molecule has 0 saturated heterocycles. The summed E-state index contributed by atoms with van der Waals surface area (Å²) in [6.45, 7) is 4.79. The van der Waals surface area contributed by atoms with Gasteiger partial charge >= 0.3 is 6.18 Å². The van der Waals surface area contributed by atoms with E-state index in [4.69, 9.17) is 11.6 Å². The second-order valence-corrected chi connectivity index (χ2v) is 4.73. The molecule has 0 radical (unpaired) electrons. The molecule has 1 nitrogen and oxygen atoms in total. The van der Waals surface area contributed by atoms with Gasteiger partial charge in [0.1, 0.15) is 0 Å². The Hall–Kier alpha value is -0.900. The lowest BCUT2D eigenvalue weighted by Crippen LogP contribution is -2.13. The number of rotatable bonds is 5. The molecule has 1 aromatic rings. The fourth-order valence-electron chi connectivity index (χ4n) is 1.69. The van der Waals surface area contributed by atoms with Gasteiger partial charge in [0.05, 0.1) is 5.56 Å². The lowest BCUT2D eigenvalue weighted by Gasteiger charge is -2.16. The van der Waals surface area contributed by atoms with E-state index in [1.165, 1.54) is 6.07 Å². The van der Waals surface area contributed by atoms with Crippen molar-refractivity contribution in [3.8, 4) is 0 Å². The Bertz CT molecular complexity index is 386. The number of hydrogen-bond donors (Lipinski definition) is 1. The van der Waals surface area contributed by atoms with Crippen LogP contribution in [0.4, 0.5) is 18.9 Å². The van der Waals surface area contributed by atoms with E-state index < -0.39 is 11.7 Å². The summed E-state index contributed by atoms with van der Waals surface area (Å²) >= 11 is 5.70. The van der Waals surface area contributed by atoms with Crippen LogP contribution >= 0.6 is 11.6 Å². The van der Waals surface area contributed by atoms with E-state index >= 15 is 0 Å². The van der Waals surface area contributed by atoms with Gasteiger partial charge in [-0.15, -0.1) is 0 Å². The molecule has 5 heteroatoms. The third-order valence-electron chi connectivity index (χ3n) is 2.97. The van der Waals surface area contributed by atoms with Crippen LogP contribution in [0.1, 0.15) is 32.3 Å². The van der Waals surface area contributed by atoms with Crippen molar-refractivity contribution in [3.63, 3.8) is 0 Å². The summed E-state index contributed by atoms with van der Waals surface area (Å²) in [7, 11) is 0. The van der Waals surface area contributed by atoms with Crippen molar-refractivity contribution < 1.29 is 13.2 Å². The Morgan fingerprint density at radius 2 is 1.78 bits per heavy atom. The van der Waals surface area contributed by atoms with Crippen molar-refractivity contribution in [2.24, 2.45) is 5.92 Å². The third kappa shape index (κ3) is 4.41. The lowest BCUT2D eigenvalue weighted by atomic mass is 10.0. The second-order valence-electron chi connectivity index (χ2n) is 4.29. The van der Waals surface area contributed by atoms with E-state index in [0.29, 0.717) is 18.2 Å². The highest BCUT2D eigenvalue weighted by atomic mass is 35.5. The zero-order valence-corrected chi connectivity index (χ0v) is 11.2. The Morgan fingerprint density at radius 1 is 1.17 bits per heavy atom. The number of nitrogens with one attached hydrogen (secondary N) is 1. The lowest BCUT2D eigenvalue weighted by molar-refractivity contribution is -0.137. The Kier molecular flexibility index (Phi) is 5.32. The molecule has 0 aliphatic rings. The average molecular weight is 280 g/mol. The molecule has 0 aromatic heterocycles. The van der Waals surface area contributed by atoms with Crippen LogP contribution in [-0.2, 0) is 6.18 Å². The zero-order chi connectivity index (χ0) is 13.8. The number of alkyl halides is 3. The fraction of sp³-hybridized carbons (Fsp3) is 0.538. The van der Waals surface area contributed by atoms with E-state index in [1.54, 1.807) is 0 Å². The molecule has 0 aliphatic heterocycles. The number of benzene rings is 1. The minimum atomic E-state index is -4.36. The first kappa shape index (κ1) is 15.2. The van der Waals surface area contributed by atoms with Crippen molar-refractivity contribution in [2.45, 2.75) is 32.9 Å². The summed E-state index contributed by atoms with van der Waals surface area (Å²) < 4.78 is 37.8. The molecule has 0 fully saturated rings. The maximum Gasteiger partial charge on any atom is 0.416 e. The van der Waals surface area contributed by atoms with Gasteiger partial charge in [-0.25, -0.2) is 0 Å². The first-order valence-electron chi connectivity index (χ1n) is 5.98. The van der Waals surface area contributed by atoms with Crippen LogP contribution in [0, 0.1) is 5.92 Å². The highest BCUT2D eigenvalue weighted by Crippen LogP contribution is 2.33. The predicted molar refractivity (Wildman–Crippen MR) is 69.0 cm³/mol. The Balaban J connectivity index is 2.81. The molecule has 0 bridgehead atoms. The minimum Gasteiger partial charge on any atom is -0.385 e. The maximum absolute atomic E-state index is 12.6. The van der Waals surface area contributed by atoms with E-state index in [9.17, 15) is 13.2 Å². The zero-order valence-electron chi connectivity index (χ0n) is 10.4. The maximum atomic E-state index is 12.6. The molecule has 0 atom stereocenters. The van der Waals surface area contributed by atoms with Crippen molar-refractivity contribution >= 4 is 17.3 Å². The topological polar surface area (TPSA) is 12.0 Å². The number of hydrogen-bond acceptors (Lipinski definition) is 1. The van der Waals surface area contributed by atoms with E-state index in [-0.39, 0.29) is 5.02 Å². The molecule has 0 spiro atoms. The van der Waals surface area contributed by atoms with Crippen LogP contribution in [0.2, 0.25) is 5.02 Å². The molecule has 1 rings (SSSR count). The summed E-state index contributed by atoms with van der Waals surface area (Å²) in [6, 6.07) is 3.54. The molecule has 0 amide bonds. The molecule has 0 saturated carbocycles. The highest BCUT2D eigenvalue weighted by Gasteiger charge is 2.31. The van der Waals surface area contributed by atoms with E-state index in [2.05, 4.69) is 19.2 Å². The van der Waals surface area contributed by atoms with Gasteiger partial charge in [0.25, 0.3) is 0 Å². The minimum absolute atomic E-state index is 0.0943. The van der Waals surface area contributed by atoms with Gasteiger partial charge in [0.15, 0.2) is 0 Å². The molecule has 1 N–H and O–H groups in total. The normalized spacial score (nSPS) is 11.9. The molecule has 102 valence electrons. The molecular formula is C13H17ClF3N. The molecule has 0 aliphatic carbocycles. The van der Waals surface area contributed by atoms with Gasteiger partial charge < -0.3 is 5.32 Å². The summed E-state index contributed by atoms with van der Waals surface area (Å²) in [6.07, 6.45) is -2.37. The SMILES string of the molecule is CCC(CC)CNc1cc(Cl)cc(C(F)(F)F)c1. The van der Waals surface area contributed by atoms with E-state index in [1.807, 2.05) is 0 Å². The van der Waals surface area contributed by atoms with Crippen LogP contribution in [0.25, 0.3) is 0 Å². The van der Waals surface area contributed by atoms with Crippen molar-refractivity contribution in [1.82, 2.24) is 0 Å². The number of anilines is 1. The number of halogens is 4. The second kappa shape index (κ2) is 6.32. The molecule has 0 heterocycles. The van der Waals surface area contributed by atoms with Gasteiger partial charge in [0.2, 0.25) is 0 Å². The van der Waals surface area contributed by atoms with Gasteiger partial charge in [0, 0.05) is 17.3 Å². The Morgan fingerprint density at radius 3 is 2.28 bits per heavy atom. The molecule has 18 heavy (non-hydrogen) atoms. The van der Waals surface area contributed by atoms with Gasteiger partial charge in [-0.05, 0) is 24.1 Å². The molecule has 0 unspecified atom stereocenters. The average Bonchev–Trinajstić information content (AvgIpc) is 2.28. The third-order valence-corrected chi connectivity index (χ3v) is 3.19. The highest BCUT2D eigenvalue weighted by molar-refractivity contribution is 6.30. The largest absolute Gasteiger partial charge is 0.416 e. The summed E-state index contributed by atoms with van der Waals surface area (Å²) in [5.41, 5.74) is -0.302. The van der Waals surface area contributed by atoms with Crippen molar-refractivity contribution in [1.29, 1.82) is 0 Å². The van der Waals surface area contributed by atoms with Crippen LogP contribution < -0.4 is 5.32 Å². The molecular weight excluding hydrogens is 263 g/mol. The fourth-order valence-corrected chi connectivity index (χ4v) is 1.93. The standard InChI is InChI=1S/C13H17ClF3N/c1-3-9(4-2)8-18-12-6-10(13(15,16)17)5-11(14)7-12/h5-7,9,18H,3-4,8H2,1-2H3. The first-order valence-corrected chi connectivity index (χ1v) is 6.36. The van der Waals surface area contributed by atoms with Crippen LogP contribution in [0.15, 0.2) is 18.2 Å². The Labute approximate surface area is 110 Å². The molecule has 1 aromatic carbocycles. The van der Waals surface area contributed by atoms with Gasteiger partial charge in [-0.3, -0.25) is 0 Å². The van der Waals surface area contributed by atoms with Crippen molar-refractivity contribution in [3.05, 3.63) is 28.8 Å². The van der Waals surface area contributed by atoms with E-state index in [0.717, 1.165) is 25.0 Å². The smallest absolute Gasteiger partial charge is 0.385 e. The summed E-state index contributed by atoms with van der Waals surface area (Å²) in [4.78, 5) is 0. The quantitative estimate of drug-likeness (QED) is 0.780. The van der Waals surface area contributed by atoms with Crippen LogP contribution in [0.3, 0.4) is 0 Å². The summed E-state index contributed by atoms with van der Waals surface area (Å²) in [5.74, 6) is 0.457. The van der Waals surface area contributed by atoms with Gasteiger partial charge in [-0.2, -0.15) is 13.2 Å². The first-order chi connectivity index (χ1) is 8.36. The monoisotopic (exact) mass is 279 g/mol. The van der Waals surface area contributed by atoms with Crippen molar-refractivity contribution in [2.75, 3.05) is 11.9 Å². The van der Waals surface area contributed by atoms with Crippen LogP contribution in [0.5, 0.6) is 0 Å². The predicted octanol–water partition coefficient (Wildman–Crippen LogP) is 5.21. The van der Waals surface area contributed by atoms with Gasteiger partial charge in [-0.1, -0.05) is 38.3 Å². The summed E-state index contributed by atoms with van der Waals surface area (Å²) in [5, 5.41) is 3.11.